The molecular weight excluding hydrogens is 365 g/mol. The zero-order chi connectivity index (χ0) is 13.2. The van der Waals surface area contributed by atoms with Crippen molar-refractivity contribution in [2.24, 2.45) is 0 Å². The first-order chi connectivity index (χ1) is 8.50. The van der Waals surface area contributed by atoms with Crippen LogP contribution in [0.4, 0.5) is 5.69 Å². The third-order valence-electron chi connectivity index (χ3n) is 3.00. The highest BCUT2D eigenvalue weighted by molar-refractivity contribution is 14.1. The number of carbonyl (C=O) groups is 1. The molecule has 1 aliphatic rings. The molecule has 0 spiro atoms. The van der Waals surface area contributed by atoms with Crippen molar-refractivity contribution in [2.75, 3.05) is 11.1 Å². The van der Waals surface area contributed by atoms with Crippen molar-refractivity contribution in [3.8, 4) is 0 Å². The molecule has 98 valence electrons. The maximum absolute atomic E-state index is 12.0. The van der Waals surface area contributed by atoms with E-state index in [-0.39, 0.29) is 5.75 Å². The molecule has 0 aromatic heterocycles. The first-order valence-electron chi connectivity index (χ1n) is 5.78. The SMILES string of the molecule is O=C(Nc1ccccc1I)C1CCCCS1(=O)=O. The van der Waals surface area contributed by atoms with Gasteiger partial charge in [-0.1, -0.05) is 18.6 Å². The highest BCUT2D eigenvalue weighted by Gasteiger charge is 2.34. The summed E-state index contributed by atoms with van der Waals surface area (Å²) in [6.07, 6.45) is 1.88. The molecule has 4 nitrogen and oxygen atoms in total. The minimum atomic E-state index is -3.27. The summed E-state index contributed by atoms with van der Waals surface area (Å²) in [4.78, 5) is 12.0. The second kappa shape index (κ2) is 5.56. The number of hydrogen-bond acceptors (Lipinski definition) is 3. The lowest BCUT2D eigenvalue weighted by Crippen LogP contribution is -2.39. The van der Waals surface area contributed by atoms with E-state index < -0.39 is 21.0 Å². The standard InChI is InChI=1S/C12H14INO3S/c13-9-5-1-2-6-10(9)14-12(15)11-7-3-4-8-18(11,16)17/h1-2,5-6,11H,3-4,7-8H2,(H,14,15). The topological polar surface area (TPSA) is 63.2 Å². The average Bonchev–Trinajstić information content (AvgIpc) is 2.31. The molecule has 1 unspecified atom stereocenters. The van der Waals surface area contributed by atoms with Crippen LogP contribution in [-0.4, -0.2) is 25.3 Å². The summed E-state index contributed by atoms with van der Waals surface area (Å²) in [6.45, 7) is 0. The lowest BCUT2D eigenvalue weighted by atomic mass is 10.2. The fourth-order valence-electron chi connectivity index (χ4n) is 2.02. The first kappa shape index (κ1) is 13.8. The average molecular weight is 379 g/mol. The van der Waals surface area contributed by atoms with Gasteiger partial charge in [-0.25, -0.2) is 8.42 Å². The molecular formula is C12H14INO3S. The molecule has 0 radical (unpaired) electrons. The molecule has 1 aliphatic heterocycles. The molecule has 1 atom stereocenters. The van der Waals surface area contributed by atoms with Gasteiger partial charge >= 0.3 is 0 Å². The van der Waals surface area contributed by atoms with Crippen molar-refractivity contribution < 1.29 is 13.2 Å². The number of anilines is 1. The van der Waals surface area contributed by atoms with Gasteiger partial charge in [0.2, 0.25) is 5.91 Å². The van der Waals surface area contributed by atoms with E-state index in [2.05, 4.69) is 27.9 Å². The van der Waals surface area contributed by atoms with Crippen LogP contribution in [-0.2, 0) is 14.6 Å². The Morgan fingerprint density at radius 2 is 2.00 bits per heavy atom. The van der Waals surface area contributed by atoms with Crippen LogP contribution in [0.25, 0.3) is 0 Å². The normalized spacial score (nSPS) is 22.4. The number of carbonyl (C=O) groups excluding carboxylic acids is 1. The fourth-order valence-corrected chi connectivity index (χ4v) is 4.35. The predicted octanol–water partition coefficient (Wildman–Crippen LogP) is 2.20. The molecule has 1 N–H and O–H groups in total. The molecule has 0 saturated carbocycles. The number of sulfone groups is 1. The Balaban J connectivity index is 2.15. The van der Waals surface area contributed by atoms with Gasteiger partial charge in [0, 0.05) is 3.57 Å². The van der Waals surface area contributed by atoms with Crippen molar-refractivity contribution in [1.82, 2.24) is 0 Å². The Labute approximate surface area is 120 Å². The number of halogens is 1. The van der Waals surface area contributed by atoms with Gasteiger partial charge in [0.1, 0.15) is 5.25 Å². The largest absolute Gasteiger partial charge is 0.324 e. The maximum Gasteiger partial charge on any atom is 0.242 e. The number of para-hydroxylation sites is 1. The zero-order valence-electron chi connectivity index (χ0n) is 9.73. The van der Waals surface area contributed by atoms with Gasteiger partial charge in [0.25, 0.3) is 0 Å². The van der Waals surface area contributed by atoms with E-state index in [0.29, 0.717) is 18.5 Å². The Hall–Kier alpha value is -0.630. The Morgan fingerprint density at radius 1 is 1.28 bits per heavy atom. The molecule has 1 heterocycles. The summed E-state index contributed by atoms with van der Waals surface area (Å²) >= 11 is 2.11. The fraction of sp³-hybridized carbons (Fsp3) is 0.417. The molecule has 0 bridgehead atoms. The Morgan fingerprint density at radius 3 is 2.67 bits per heavy atom. The highest BCUT2D eigenvalue weighted by Crippen LogP contribution is 2.23. The van der Waals surface area contributed by atoms with Crippen molar-refractivity contribution in [1.29, 1.82) is 0 Å². The third kappa shape index (κ3) is 3.03. The van der Waals surface area contributed by atoms with Gasteiger partial charge in [-0.3, -0.25) is 4.79 Å². The smallest absolute Gasteiger partial charge is 0.242 e. The molecule has 1 aromatic rings. The Kier molecular flexibility index (Phi) is 4.26. The van der Waals surface area contributed by atoms with E-state index in [4.69, 9.17) is 0 Å². The van der Waals surface area contributed by atoms with Crippen molar-refractivity contribution in [3.05, 3.63) is 27.8 Å². The van der Waals surface area contributed by atoms with E-state index in [0.717, 1.165) is 9.99 Å². The van der Waals surface area contributed by atoms with Crippen molar-refractivity contribution in [2.45, 2.75) is 24.5 Å². The summed E-state index contributed by atoms with van der Waals surface area (Å²) in [5, 5.41) is 1.82. The number of amides is 1. The van der Waals surface area contributed by atoms with Crippen LogP contribution in [0.5, 0.6) is 0 Å². The summed E-state index contributed by atoms with van der Waals surface area (Å²) in [5.41, 5.74) is 0.670. The van der Waals surface area contributed by atoms with Crippen LogP contribution in [0.15, 0.2) is 24.3 Å². The molecule has 1 fully saturated rings. The second-order valence-electron chi connectivity index (χ2n) is 4.32. The minimum Gasteiger partial charge on any atom is -0.324 e. The number of nitrogens with one attached hydrogen (secondary N) is 1. The molecule has 1 saturated heterocycles. The maximum atomic E-state index is 12.0. The zero-order valence-corrected chi connectivity index (χ0v) is 12.7. The van der Waals surface area contributed by atoms with E-state index in [1.807, 2.05) is 18.2 Å². The lowest BCUT2D eigenvalue weighted by molar-refractivity contribution is -0.116. The molecule has 18 heavy (non-hydrogen) atoms. The van der Waals surface area contributed by atoms with Gasteiger partial charge < -0.3 is 5.32 Å². The third-order valence-corrected chi connectivity index (χ3v) is 6.12. The molecule has 1 amide bonds. The van der Waals surface area contributed by atoms with E-state index in [1.54, 1.807) is 6.07 Å². The monoisotopic (exact) mass is 379 g/mol. The Bertz CT molecular complexity index is 556. The van der Waals surface area contributed by atoms with Crippen LogP contribution < -0.4 is 5.32 Å². The molecule has 2 rings (SSSR count). The van der Waals surface area contributed by atoms with Gasteiger partial charge in [0.05, 0.1) is 11.4 Å². The highest BCUT2D eigenvalue weighted by atomic mass is 127. The minimum absolute atomic E-state index is 0.122. The van der Waals surface area contributed by atoms with Crippen molar-refractivity contribution >= 4 is 44.0 Å². The summed E-state index contributed by atoms with van der Waals surface area (Å²) in [5.74, 6) is -0.282. The summed E-state index contributed by atoms with van der Waals surface area (Å²) < 4.78 is 24.6. The second-order valence-corrected chi connectivity index (χ2v) is 7.79. The van der Waals surface area contributed by atoms with Gasteiger partial charge in [-0.05, 0) is 47.6 Å². The molecule has 6 heteroatoms. The van der Waals surface area contributed by atoms with E-state index >= 15 is 0 Å². The molecule has 0 aliphatic carbocycles. The lowest BCUT2D eigenvalue weighted by Gasteiger charge is -2.21. The van der Waals surface area contributed by atoms with Crippen LogP contribution in [0.3, 0.4) is 0 Å². The van der Waals surface area contributed by atoms with Gasteiger partial charge in [0.15, 0.2) is 9.84 Å². The number of hydrogen-bond donors (Lipinski definition) is 1. The number of rotatable bonds is 2. The van der Waals surface area contributed by atoms with Gasteiger partial charge in [-0.2, -0.15) is 0 Å². The van der Waals surface area contributed by atoms with Gasteiger partial charge in [-0.15, -0.1) is 0 Å². The quantitative estimate of drug-likeness (QED) is 0.802. The van der Waals surface area contributed by atoms with Crippen LogP contribution in [0, 0.1) is 3.57 Å². The van der Waals surface area contributed by atoms with Crippen molar-refractivity contribution in [3.63, 3.8) is 0 Å². The van der Waals surface area contributed by atoms with Crippen LogP contribution >= 0.6 is 22.6 Å². The summed E-state index contributed by atoms with van der Waals surface area (Å²) in [7, 11) is -3.27. The summed E-state index contributed by atoms with van der Waals surface area (Å²) in [6, 6.07) is 7.32. The van der Waals surface area contributed by atoms with E-state index in [9.17, 15) is 13.2 Å². The van der Waals surface area contributed by atoms with Crippen LogP contribution in [0.1, 0.15) is 19.3 Å². The van der Waals surface area contributed by atoms with E-state index in [1.165, 1.54) is 0 Å². The molecule has 1 aromatic carbocycles. The predicted molar refractivity (Wildman–Crippen MR) is 79.2 cm³/mol. The first-order valence-corrected chi connectivity index (χ1v) is 8.57. The number of benzene rings is 1. The van der Waals surface area contributed by atoms with Crippen LogP contribution in [0.2, 0.25) is 0 Å².